The van der Waals surface area contributed by atoms with Gasteiger partial charge in [-0.2, -0.15) is 11.8 Å². The van der Waals surface area contributed by atoms with Gasteiger partial charge in [0.2, 0.25) is 0 Å². The van der Waals surface area contributed by atoms with E-state index in [1.165, 1.54) is 5.56 Å². The summed E-state index contributed by atoms with van der Waals surface area (Å²) in [5.74, 6) is 1.69. The van der Waals surface area contributed by atoms with Crippen LogP contribution in [0.5, 0.6) is 0 Å². The maximum atomic E-state index is 10.2. The molecule has 0 saturated carbocycles. The standard InChI is InChI=1S/C23H32O5S/c1-19(24)14-26-12-13-28-22(18-29-17-20-8-4-2-5-9-20)15-27-16-23(25)21-10-6-3-7-11-21/h2-11,19,22-25H,12-18H2,1H3/t19-,22?,23+/m1/s1. The van der Waals surface area contributed by atoms with Crippen molar-refractivity contribution < 1.29 is 24.4 Å². The smallest absolute Gasteiger partial charge is 0.102 e. The highest BCUT2D eigenvalue weighted by Gasteiger charge is 2.13. The zero-order valence-corrected chi connectivity index (χ0v) is 17.8. The summed E-state index contributed by atoms with van der Waals surface area (Å²) in [5, 5.41) is 19.5. The fourth-order valence-electron chi connectivity index (χ4n) is 2.64. The number of rotatable bonds is 15. The highest BCUT2D eigenvalue weighted by atomic mass is 32.2. The van der Waals surface area contributed by atoms with Crippen LogP contribution in [0.1, 0.15) is 24.2 Å². The Kier molecular flexibility index (Phi) is 12.0. The Balaban J connectivity index is 1.72. The van der Waals surface area contributed by atoms with Crippen LogP contribution in [0, 0.1) is 0 Å². The fourth-order valence-corrected chi connectivity index (χ4v) is 3.64. The van der Waals surface area contributed by atoms with Gasteiger partial charge in [-0.25, -0.2) is 0 Å². The number of hydrogen-bond donors (Lipinski definition) is 2. The largest absolute Gasteiger partial charge is 0.391 e. The van der Waals surface area contributed by atoms with Gasteiger partial charge in [0.05, 0.1) is 45.2 Å². The van der Waals surface area contributed by atoms with E-state index in [-0.39, 0.29) is 12.7 Å². The van der Waals surface area contributed by atoms with E-state index >= 15 is 0 Å². The van der Waals surface area contributed by atoms with Crippen LogP contribution in [0.2, 0.25) is 0 Å². The Bertz CT molecular complexity index is 638. The molecular formula is C23H32O5S. The lowest BCUT2D eigenvalue weighted by molar-refractivity contribution is -0.0505. The minimum absolute atomic E-state index is 0.0955. The number of thioether (sulfide) groups is 1. The summed E-state index contributed by atoms with van der Waals surface area (Å²) in [5.41, 5.74) is 2.12. The van der Waals surface area contributed by atoms with Gasteiger partial charge in [-0.15, -0.1) is 0 Å². The summed E-state index contributed by atoms with van der Waals surface area (Å²) in [7, 11) is 0. The molecule has 0 heterocycles. The molecule has 0 radical (unpaired) electrons. The molecule has 2 aromatic rings. The van der Waals surface area contributed by atoms with Crippen LogP contribution >= 0.6 is 11.8 Å². The average Bonchev–Trinajstić information content (AvgIpc) is 2.74. The lowest BCUT2D eigenvalue weighted by Crippen LogP contribution is -2.26. The molecule has 0 aliphatic rings. The molecule has 0 aliphatic carbocycles. The molecule has 6 heteroatoms. The van der Waals surface area contributed by atoms with Gasteiger partial charge in [-0.05, 0) is 18.1 Å². The molecule has 0 aromatic heterocycles. The second-order valence-corrected chi connectivity index (χ2v) is 7.91. The molecule has 0 amide bonds. The molecule has 0 bridgehead atoms. The van der Waals surface area contributed by atoms with Crippen molar-refractivity contribution in [3.8, 4) is 0 Å². The first kappa shape index (κ1) is 23.9. The highest BCUT2D eigenvalue weighted by molar-refractivity contribution is 7.98. The summed E-state index contributed by atoms with van der Waals surface area (Å²) in [6.07, 6.45) is -1.22. The second-order valence-electron chi connectivity index (χ2n) is 6.88. The summed E-state index contributed by atoms with van der Waals surface area (Å²) < 4.78 is 17.0. The Hall–Kier alpha value is -1.41. The summed E-state index contributed by atoms with van der Waals surface area (Å²) >= 11 is 1.79. The van der Waals surface area contributed by atoms with Gasteiger partial charge >= 0.3 is 0 Å². The maximum Gasteiger partial charge on any atom is 0.102 e. The molecule has 0 saturated heterocycles. The van der Waals surface area contributed by atoms with Crippen molar-refractivity contribution in [1.82, 2.24) is 0 Å². The van der Waals surface area contributed by atoms with Crippen LogP contribution in [0.15, 0.2) is 60.7 Å². The molecule has 0 spiro atoms. The van der Waals surface area contributed by atoms with E-state index in [0.717, 1.165) is 17.1 Å². The third kappa shape index (κ3) is 10.8. The predicted octanol–water partition coefficient (Wildman–Crippen LogP) is 3.45. The Morgan fingerprint density at radius 1 is 0.828 bits per heavy atom. The lowest BCUT2D eigenvalue weighted by atomic mass is 10.1. The van der Waals surface area contributed by atoms with Crippen LogP contribution in [0.3, 0.4) is 0 Å². The number of aliphatic hydroxyl groups excluding tert-OH is 2. The Labute approximate surface area is 178 Å². The number of aliphatic hydroxyl groups is 2. The minimum Gasteiger partial charge on any atom is -0.391 e. The molecule has 5 nitrogen and oxygen atoms in total. The molecule has 2 N–H and O–H groups in total. The van der Waals surface area contributed by atoms with E-state index in [0.29, 0.717) is 26.4 Å². The van der Waals surface area contributed by atoms with E-state index in [9.17, 15) is 10.2 Å². The van der Waals surface area contributed by atoms with E-state index in [1.807, 2.05) is 48.5 Å². The Morgan fingerprint density at radius 3 is 2.21 bits per heavy atom. The van der Waals surface area contributed by atoms with Crippen molar-refractivity contribution in [2.45, 2.75) is 31.0 Å². The van der Waals surface area contributed by atoms with Gasteiger partial charge < -0.3 is 24.4 Å². The summed E-state index contributed by atoms with van der Waals surface area (Å²) in [6, 6.07) is 19.8. The molecule has 160 valence electrons. The molecule has 0 aliphatic heterocycles. The second kappa shape index (κ2) is 14.6. The lowest BCUT2D eigenvalue weighted by Gasteiger charge is -2.19. The van der Waals surface area contributed by atoms with Gasteiger partial charge in [0.15, 0.2) is 0 Å². The van der Waals surface area contributed by atoms with Crippen molar-refractivity contribution in [2.24, 2.45) is 0 Å². The van der Waals surface area contributed by atoms with Gasteiger partial charge in [-0.3, -0.25) is 0 Å². The van der Waals surface area contributed by atoms with Crippen molar-refractivity contribution >= 4 is 11.8 Å². The van der Waals surface area contributed by atoms with E-state index in [4.69, 9.17) is 14.2 Å². The number of ether oxygens (including phenoxy) is 3. The van der Waals surface area contributed by atoms with Crippen molar-refractivity contribution in [1.29, 1.82) is 0 Å². The zero-order chi connectivity index (χ0) is 20.7. The number of hydrogen-bond acceptors (Lipinski definition) is 6. The van der Waals surface area contributed by atoms with Crippen LogP contribution in [0.4, 0.5) is 0 Å². The first-order valence-corrected chi connectivity index (χ1v) is 11.1. The fraction of sp³-hybridized carbons (Fsp3) is 0.478. The van der Waals surface area contributed by atoms with E-state index < -0.39 is 12.2 Å². The van der Waals surface area contributed by atoms with E-state index in [2.05, 4.69) is 12.1 Å². The third-order valence-corrected chi connectivity index (χ3v) is 5.26. The van der Waals surface area contributed by atoms with E-state index in [1.54, 1.807) is 18.7 Å². The topological polar surface area (TPSA) is 68.2 Å². The molecule has 3 atom stereocenters. The monoisotopic (exact) mass is 420 g/mol. The quantitative estimate of drug-likeness (QED) is 0.430. The first-order chi connectivity index (χ1) is 14.1. The highest BCUT2D eigenvalue weighted by Crippen LogP contribution is 2.16. The number of benzene rings is 2. The van der Waals surface area contributed by atoms with Crippen LogP contribution in [-0.4, -0.2) is 61.2 Å². The van der Waals surface area contributed by atoms with Crippen molar-refractivity contribution in [3.63, 3.8) is 0 Å². The zero-order valence-electron chi connectivity index (χ0n) is 17.0. The minimum atomic E-state index is -0.650. The molecule has 0 fully saturated rings. The SMILES string of the molecule is C[C@@H](O)COCCOC(COC[C@H](O)c1ccccc1)CSCc1ccccc1. The van der Waals surface area contributed by atoms with Crippen molar-refractivity contribution in [2.75, 3.05) is 38.8 Å². The third-order valence-electron chi connectivity index (χ3n) is 4.12. The summed E-state index contributed by atoms with van der Waals surface area (Å²) in [4.78, 5) is 0. The van der Waals surface area contributed by atoms with Gasteiger partial charge in [0, 0.05) is 11.5 Å². The predicted molar refractivity (Wildman–Crippen MR) is 117 cm³/mol. The molecule has 2 aromatic carbocycles. The first-order valence-electron chi connectivity index (χ1n) is 9.95. The van der Waals surface area contributed by atoms with Crippen molar-refractivity contribution in [3.05, 3.63) is 71.8 Å². The normalized spacial score (nSPS) is 14.4. The molecule has 1 unspecified atom stereocenters. The van der Waals surface area contributed by atoms with Gasteiger partial charge in [0.25, 0.3) is 0 Å². The van der Waals surface area contributed by atoms with Crippen LogP contribution < -0.4 is 0 Å². The van der Waals surface area contributed by atoms with Gasteiger partial charge in [0.1, 0.15) is 6.10 Å². The maximum absolute atomic E-state index is 10.2. The summed E-state index contributed by atoms with van der Waals surface area (Å²) in [6.45, 7) is 3.49. The Morgan fingerprint density at radius 2 is 1.52 bits per heavy atom. The van der Waals surface area contributed by atoms with Gasteiger partial charge in [-0.1, -0.05) is 60.7 Å². The van der Waals surface area contributed by atoms with Crippen LogP contribution in [-0.2, 0) is 20.0 Å². The molecule has 29 heavy (non-hydrogen) atoms. The average molecular weight is 421 g/mol. The molecule has 2 rings (SSSR count). The molecular weight excluding hydrogens is 388 g/mol. The van der Waals surface area contributed by atoms with Crippen LogP contribution in [0.25, 0.3) is 0 Å².